The summed E-state index contributed by atoms with van der Waals surface area (Å²) < 4.78 is 55.8. The zero-order chi connectivity index (χ0) is 53.4. The number of aromatic nitrogens is 1. The maximum absolute atomic E-state index is 14.1. The fourth-order valence-electron chi connectivity index (χ4n) is 9.89. The minimum absolute atomic E-state index is 0.0366. The second-order valence-electron chi connectivity index (χ2n) is 19.8. The van der Waals surface area contributed by atoms with Crippen LogP contribution in [0.5, 0.6) is 0 Å². The lowest BCUT2D eigenvalue weighted by molar-refractivity contribution is -0.344. The van der Waals surface area contributed by atoms with E-state index < -0.39 is 133 Å². The molecule has 1 aromatic heterocycles. The van der Waals surface area contributed by atoms with Gasteiger partial charge in [0.25, 0.3) is 0 Å². The largest absolute Gasteiger partial charge is 0.462 e. The van der Waals surface area contributed by atoms with Gasteiger partial charge in [0.1, 0.15) is 36.8 Å². The Morgan fingerprint density at radius 1 is 0.986 bits per heavy atom. The summed E-state index contributed by atoms with van der Waals surface area (Å²) in [6, 6.07) is 0.747. The van der Waals surface area contributed by atoms with E-state index >= 15 is 0 Å². The van der Waals surface area contributed by atoms with Crippen molar-refractivity contribution in [2.75, 3.05) is 41.3 Å². The Bertz CT molecular complexity index is 1970. The van der Waals surface area contributed by atoms with Gasteiger partial charge in [0.15, 0.2) is 24.3 Å². The van der Waals surface area contributed by atoms with Gasteiger partial charge in [-0.3, -0.25) is 29.0 Å². The van der Waals surface area contributed by atoms with Crippen molar-refractivity contribution in [1.82, 2.24) is 14.8 Å². The summed E-state index contributed by atoms with van der Waals surface area (Å²) >= 11 is 0. The third-order valence-electron chi connectivity index (χ3n) is 13.6. The topological polar surface area (TPSA) is 271 Å². The van der Waals surface area contributed by atoms with Crippen molar-refractivity contribution in [2.45, 2.75) is 192 Å². The second kappa shape index (κ2) is 28.3. The molecule has 0 bridgehead atoms. The van der Waals surface area contributed by atoms with Gasteiger partial charge < -0.3 is 73.2 Å². The van der Waals surface area contributed by atoms with Crippen molar-refractivity contribution in [3.8, 4) is 0 Å². The van der Waals surface area contributed by atoms with E-state index in [1.807, 2.05) is 18.9 Å². The highest BCUT2D eigenvalue weighted by molar-refractivity contribution is 5.92. The Morgan fingerprint density at radius 3 is 2.31 bits per heavy atom. The smallest absolute Gasteiger partial charge is 0.309 e. The van der Waals surface area contributed by atoms with Gasteiger partial charge in [0.05, 0.1) is 42.4 Å². The number of aliphatic hydroxyl groups is 2. The number of β-amino-alcohol motifs (C(OH)–C–C–N with tert-alkyl or cyclic N) is 1. The molecule has 1 aromatic rings. The van der Waals surface area contributed by atoms with Gasteiger partial charge in [-0.1, -0.05) is 32.9 Å². The average Bonchev–Trinajstić information content (AvgIpc) is 3.30. The molecule has 0 radical (unpaired) electrons. The van der Waals surface area contributed by atoms with Crippen LogP contribution in [0.4, 0.5) is 0 Å². The highest BCUT2D eigenvalue weighted by Crippen LogP contribution is 2.39. The monoisotopic (exact) mass is 1020 g/mol. The molecule has 4 rings (SSSR count). The molecular weight excluding hydrogens is 941 g/mol. The van der Waals surface area contributed by atoms with E-state index in [2.05, 4.69) is 4.98 Å². The van der Waals surface area contributed by atoms with E-state index in [1.165, 1.54) is 20.2 Å². The quantitative estimate of drug-likeness (QED) is 0.115. The molecule has 3 aliphatic heterocycles. The SMILES string of the molecule is CCC(=O)O[C@@H]1CC(=O)O[C@@H](CC=Cc2cncc(C(N)=O)c2)CCCN(C)C[C@H](O)[C@H](C)C[C@H](CC=O)[C@H](O[C@@H]2OC(C)[C@@H](O[C@H]3CC(C)(OC(C)=O)[C@@H](OC(=O)CC)C(C)O3)C(N(C)C)C2O)[C@H]1OC. The van der Waals surface area contributed by atoms with Crippen molar-refractivity contribution in [1.29, 1.82) is 0 Å². The molecule has 0 aromatic carbocycles. The van der Waals surface area contributed by atoms with Crippen LogP contribution >= 0.6 is 0 Å². The highest BCUT2D eigenvalue weighted by atomic mass is 16.7. The number of esters is 4. The Morgan fingerprint density at radius 2 is 1.68 bits per heavy atom. The number of ether oxygens (including phenoxy) is 9. The van der Waals surface area contributed by atoms with Crippen LogP contribution in [-0.2, 0) is 66.6 Å². The van der Waals surface area contributed by atoms with Crippen LogP contribution in [-0.4, -0.2) is 188 Å². The zero-order valence-electron chi connectivity index (χ0n) is 43.8. The van der Waals surface area contributed by atoms with E-state index in [4.69, 9.17) is 48.4 Å². The maximum Gasteiger partial charge on any atom is 0.309 e. The number of methoxy groups -OCH3 is 1. The second-order valence-corrected chi connectivity index (χ2v) is 19.8. The number of hydrogen-bond donors (Lipinski definition) is 3. The summed E-state index contributed by atoms with van der Waals surface area (Å²) in [4.78, 5) is 84.3. The van der Waals surface area contributed by atoms with Crippen LogP contribution in [0.3, 0.4) is 0 Å². The van der Waals surface area contributed by atoms with Gasteiger partial charge in [-0.15, -0.1) is 0 Å². The number of nitrogens with zero attached hydrogens (tertiary/aromatic N) is 3. The highest BCUT2D eigenvalue weighted by Gasteiger charge is 2.54. The molecule has 0 aliphatic carbocycles. The van der Waals surface area contributed by atoms with Gasteiger partial charge in [0.2, 0.25) is 5.91 Å². The van der Waals surface area contributed by atoms with Gasteiger partial charge in [-0.05, 0) is 91.2 Å². The Hall–Kier alpha value is -4.45. The summed E-state index contributed by atoms with van der Waals surface area (Å²) in [5.74, 6) is -4.24. The van der Waals surface area contributed by atoms with E-state index in [0.717, 1.165) is 0 Å². The molecule has 0 spiro atoms. The molecule has 0 saturated carbocycles. The van der Waals surface area contributed by atoms with Crippen molar-refractivity contribution in [3.05, 3.63) is 35.7 Å². The first-order valence-corrected chi connectivity index (χ1v) is 25.0. The van der Waals surface area contributed by atoms with Gasteiger partial charge in [0, 0.05) is 65.1 Å². The molecule has 1 amide bonds. The number of pyridine rings is 1. The molecule has 72 heavy (non-hydrogen) atoms. The molecule has 21 nitrogen and oxygen atoms in total. The Kier molecular flexibility index (Phi) is 23.6. The molecule has 21 heteroatoms. The first kappa shape index (κ1) is 60.1. The molecule has 4 N–H and O–H groups in total. The molecule has 3 fully saturated rings. The third kappa shape index (κ3) is 17.1. The van der Waals surface area contributed by atoms with Crippen molar-refractivity contribution in [3.63, 3.8) is 0 Å². The molecule has 4 heterocycles. The van der Waals surface area contributed by atoms with Crippen LogP contribution in [0, 0.1) is 11.8 Å². The van der Waals surface area contributed by atoms with E-state index in [9.17, 15) is 39.0 Å². The van der Waals surface area contributed by atoms with Crippen molar-refractivity contribution >= 4 is 42.1 Å². The summed E-state index contributed by atoms with van der Waals surface area (Å²) in [6.07, 6.45) is -4.57. The van der Waals surface area contributed by atoms with E-state index in [1.54, 1.807) is 78.0 Å². The minimum Gasteiger partial charge on any atom is -0.462 e. The fraction of sp³-hybridized carbons (Fsp3) is 0.745. The predicted molar refractivity (Wildman–Crippen MR) is 259 cm³/mol. The molecule has 5 unspecified atom stereocenters. The number of cyclic esters (lactones) is 1. The molecule has 406 valence electrons. The zero-order valence-corrected chi connectivity index (χ0v) is 43.8. The standard InChI is InChI=1S/C51H80N4O17/c1-12-39(59)68-38-24-41(61)67-36(17-14-16-33-23-35(49(52)63)27-53-26-33)18-15-20-55(10)28-37(58)29(3)22-34(19-21-56)46(47(38)64-11)71-50-44(62)43(54(8)9)45(30(4)66-50)70-42-25-51(7,72-32(6)57)48(31(5)65-42)69-40(60)13-2/h14,16,21,23,26-27,29-31,34,36-38,42-48,50,58,62H,12-13,15,17-20,22,24-25,28H2,1-11H3,(H2,52,63)/t29-,30?,31?,34+,36+,37+,38-,42+,43?,44?,45-,46+,47+,48+,50+,51?/m1/s1. The lowest BCUT2D eigenvalue weighted by atomic mass is 9.82. The van der Waals surface area contributed by atoms with Crippen molar-refractivity contribution < 1.29 is 81.6 Å². The number of aldehydes is 1. The van der Waals surface area contributed by atoms with Gasteiger partial charge in [-0.2, -0.15) is 0 Å². The first-order valence-electron chi connectivity index (χ1n) is 25.0. The third-order valence-corrected chi connectivity index (χ3v) is 13.6. The lowest BCUT2D eigenvalue weighted by Gasteiger charge is -2.50. The Labute approximate surface area is 423 Å². The summed E-state index contributed by atoms with van der Waals surface area (Å²) in [5.41, 5.74) is 4.95. The number of likely N-dealkylation sites (N-methyl/N-ethyl adjacent to an activating group) is 2. The molecule has 16 atom stereocenters. The fourth-order valence-corrected chi connectivity index (χ4v) is 9.89. The summed E-state index contributed by atoms with van der Waals surface area (Å²) in [6.45, 7) is 12.2. The van der Waals surface area contributed by atoms with Gasteiger partial charge in [-0.25, -0.2) is 0 Å². The summed E-state index contributed by atoms with van der Waals surface area (Å²) in [7, 11) is 6.71. The van der Waals surface area contributed by atoms with Crippen LogP contribution in [0.2, 0.25) is 0 Å². The van der Waals surface area contributed by atoms with Crippen LogP contribution in [0.15, 0.2) is 24.5 Å². The minimum atomic E-state index is -1.46. The van der Waals surface area contributed by atoms with Gasteiger partial charge >= 0.3 is 23.9 Å². The van der Waals surface area contributed by atoms with Crippen LogP contribution in [0.1, 0.15) is 122 Å². The van der Waals surface area contributed by atoms with Crippen LogP contribution in [0.25, 0.3) is 6.08 Å². The normalized spacial score (nSPS) is 34.8. The first-order chi connectivity index (χ1) is 34.0. The number of hydrogen-bond acceptors (Lipinski definition) is 20. The van der Waals surface area contributed by atoms with E-state index in [-0.39, 0.29) is 50.6 Å². The lowest BCUT2D eigenvalue weighted by Crippen LogP contribution is -2.66. The average molecular weight is 1020 g/mol. The number of carbonyl (C=O) groups is 6. The molecule has 3 saturated heterocycles. The number of rotatable bonds is 17. The number of aliphatic hydroxyl groups excluding tert-OH is 2. The number of nitrogens with two attached hydrogens (primary N) is 1. The predicted octanol–water partition coefficient (Wildman–Crippen LogP) is 3.13. The maximum atomic E-state index is 14.1. The molecule has 3 aliphatic rings. The molecular formula is C51H80N4O17. The van der Waals surface area contributed by atoms with Crippen LogP contribution < -0.4 is 5.73 Å². The Balaban J connectivity index is 1.70. The number of amides is 1. The number of primary amides is 1. The summed E-state index contributed by atoms with van der Waals surface area (Å²) in [5, 5.41) is 24.0. The number of carbonyl (C=O) groups excluding carboxylic acids is 6. The van der Waals surface area contributed by atoms with E-state index in [0.29, 0.717) is 31.2 Å². The van der Waals surface area contributed by atoms with Crippen molar-refractivity contribution in [2.24, 2.45) is 17.6 Å².